The van der Waals surface area contributed by atoms with Crippen molar-refractivity contribution in [1.82, 2.24) is 0 Å². The van der Waals surface area contributed by atoms with Gasteiger partial charge in [0.1, 0.15) is 0 Å². The van der Waals surface area contributed by atoms with Gasteiger partial charge in [-0.25, -0.2) is 0 Å². The summed E-state index contributed by atoms with van der Waals surface area (Å²) in [5.74, 6) is 1.05. The molecular formula is C12H17NOS. The van der Waals surface area contributed by atoms with Crippen LogP contribution >= 0.6 is 11.8 Å². The van der Waals surface area contributed by atoms with Crippen LogP contribution in [0.2, 0.25) is 0 Å². The Morgan fingerprint density at radius 3 is 2.60 bits per heavy atom. The Hall–Kier alpha value is -0.830. The van der Waals surface area contributed by atoms with Crippen molar-refractivity contribution < 1.29 is 4.74 Å². The Labute approximate surface area is 95.6 Å². The largest absolute Gasteiger partial charge is 0.487 e. The molecule has 0 atom stereocenters. The van der Waals surface area contributed by atoms with Gasteiger partial charge in [0.2, 0.25) is 0 Å². The topological polar surface area (TPSA) is 12.5 Å². The molecule has 82 valence electrons. The average molecular weight is 223 g/mol. The van der Waals surface area contributed by atoms with Gasteiger partial charge in [-0.05, 0) is 31.2 Å². The normalized spacial score (nSPS) is 15.1. The lowest BCUT2D eigenvalue weighted by Crippen LogP contribution is -2.11. The number of nitrogens with zero attached hydrogens (tertiary/aromatic N) is 1. The van der Waals surface area contributed by atoms with E-state index < -0.39 is 0 Å². The van der Waals surface area contributed by atoms with E-state index in [9.17, 15) is 0 Å². The second kappa shape index (κ2) is 4.35. The lowest BCUT2D eigenvalue weighted by molar-refractivity contribution is 0.297. The smallest absolute Gasteiger partial charge is 0.156 e. The van der Waals surface area contributed by atoms with E-state index in [1.165, 1.54) is 23.4 Å². The number of ether oxygens (including phenoxy) is 1. The minimum absolute atomic E-state index is 0.456. The van der Waals surface area contributed by atoms with E-state index in [0.717, 1.165) is 5.75 Å². The molecular weight excluding hydrogens is 206 g/mol. The van der Waals surface area contributed by atoms with Gasteiger partial charge >= 0.3 is 0 Å². The predicted molar refractivity (Wildman–Crippen MR) is 66.2 cm³/mol. The highest BCUT2D eigenvalue weighted by atomic mass is 32.2. The lowest BCUT2D eigenvalue weighted by atomic mass is 10.3. The summed E-state index contributed by atoms with van der Waals surface area (Å²) in [6, 6.07) is 6.31. The molecule has 0 radical (unpaired) electrons. The summed E-state index contributed by atoms with van der Waals surface area (Å²) in [4.78, 5) is 3.34. The molecule has 1 fully saturated rings. The van der Waals surface area contributed by atoms with E-state index in [2.05, 4.69) is 43.5 Å². The van der Waals surface area contributed by atoms with Crippen LogP contribution in [-0.2, 0) is 0 Å². The van der Waals surface area contributed by atoms with E-state index in [1.807, 2.05) is 0 Å². The van der Waals surface area contributed by atoms with Crippen molar-refractivity contribution in [2.24, 2.45) is 0 Å². The molecule has 0 saturated heterocycles. The summed E-state index contributed by atoms with van der Waals surface area (Å²) in [6.45, 7) is 0. The fourth-order valence-electron chi connectivity index (χ4n) is 1.49. The number of hydrogen-bond donors (Lipinski definition) is 0. The van der Waals surface area contributed by atoms with Crippen LogP contribution in [0.3, 0.4) is 0 Å². The van der Waals surface area contributed by atoms with Gasteiger partial charge in [0.05, 0.1) is 16.7 Å². The highest BCUT2D eigenvalue weighted by Gasteiger charge is 2.26. The first-order chi connectivity index (χ1) is 7.22. The second-order valence-corrected chi connectivity index (χ2v) is 4.87. The first kappa shape index (κ1) is 10.7. The molecule has 0 spiro atoms. The number of hydrogen-bond acceptors (Lipinski definition) is 3. The fourth-order valence-corrected chi connectivity index (χ4v) is 2.04. The Morgan fingerprint density at radius 1 is 1.33 bits per heavy atom. The van der Waals surface area contributed by atoms with Crippen LogP contribution in [0.5, 0.6) is 5.75 Å². The average Bonchev–Trinajstić information content (AvgIpc) is 3.01. The number of para-hydroxylation sites is 1. The third-order valence-corrected chi connectivity index (χ3v) is 3.23. The zero-order valence-corrected chi connectivity index (χ0v) is 10.3. The second-order valence-electron chi connectivity index (χ2n) is 4.02. The van der Waals surface area contributed by atoms with Crippen molar-refractivity contribution in [2.75, 3.05) is 25.3 Å². The first-order valence-corrected chi connectivity index (χ1v) is 6.46. The van der Waals surface area contributed by atoms with Crippen molar-refractivity contribution in [3.8, 4) is 5.75 Å². The summed E-state index contributed by atoms with van der Waals surface area (Å²) in [5, 5.41) is 0. The molecule has 0 bridgehead atoms. The Kier molecular flexibility index (Phi) is 3.10. The quantitative estimate of drug-likeness (QED) is 0.728. The molecule has 0 aromatic heterocycles. The molecule has 1 saturated carbocycles. The van der Waals surface area contributed by atoms with Crippen molar-refractivity contribution in [1.29, 1.82) is 0 Å². The van der Waals surface area contributed by atoms with Crippen LogP contribution in [0.15, 0.2) is 23.1 Å². The van der Waals surface area contributed by atoms with Gasteiger partial charge in [0, 0.05) is 14.1 Å². The highest BCUT2D eigenvalue weighted by molar-refractivity contribution is 7.98. The molecule has 1 aliphatic rings. The van der Waals surface area contributed by atoms with E-state index in [4.69, 9.17) is 4.74 Å². The number of rotatable bonds is 4. The summed E-state index contributed by atoms with van der Waals surface area (Å²) in [5.41, 5.74) is 1.17. The van der Waals surface area contributed by atoms with Crippen LogP contribution in [0.4, 0.5) is 5.69 Å². The Morgan fingerprint density at radius 2 is 2.07 bits per heavy atom. The van der Waals surface area contributed by atoms with Gasteiger partial charge in [-0.3, -0.25) is 0 Å². The van der Waals surface area contributed by atoms with Crippen LogP contribution in [0.1, 0.15) is 12.8 Å². The van der Waals surface area contributed by atoms with Gasteiger partial charge in [0.15, 0.2) is 5.75 Å². The maximum atomic E-state index is 5.98. The zero-order valence-electron chi connectivity index (χ0n) is 9.49. The fraction of sp³-hybridized carbons (Fsp3) is 0.500. The number of thioether (sulfide) groups is 1. The standard InChI is InChI=1S/C12H17NOS/c1-13(2)10-5-4-6-11(15-3)12(10)14-9-7-8-9/h4-6,9H,7-8H2,1-3H3. The van der Waals surface area contributed by atoms with Gasteiger partial charge < -0.3 is 9.64 Å². The maximum Gasteiger partial charge on any atom is 0.156 e. The van der Waals surface area contributed by atoms with Crippen molar-refractivity contribution in [3.05, 3.63) is 18.2 Å². The van der Waals surface area contributed by atoms with Gasteiger partial charge in [-0.1, -0.05) is 6.07 Å². The van der Waals surface area contributed by atoms with E-state index in [0.29, 0.717) is 6.10 Å². The summed E-state index contributed by atoms with van der Waals surface area (Å²) in [7, 11) is 4.11. The van der Waals surface area contributed by atoms with Crippen LogP contribution in [0, 0.1) is 0 Å². The molecule has 0 heterocycles. The lowest BCUT2D eigenvalue weighted by Gasteiger charge is -2.19. The molecule has 0 aliphatic heterocycles. The maximum absolute atomic E-state index is 5.98. The van der Waals surface area contributed by atoms with Crippen LogP contribution < -0.4 is 9.64 Å². The van der Waals surface area contributed by atoms with Crippen LogP contribution in [-0.4, -0.2) is 26.5 Å². The van der Waals surface area contributed by atoms with Crippen LogP contribution in [0.25, 0.3) is 0 Å². The summed E-state index contributed by atoms with van der Waals surface area (Å²) in [6.07, 6.45) is 4.96. The molecule has 2 nitrogen and oxygen atoms in total. The third kappa shape index (κ3) is 2.40. The van der Waals surface area contributed by atoms with E-state index in [1.54, 1.807) is 11.8 Å². The van der Waals surface area contributed by atoms with E-state index in [-0.39, 0.29) is 0 Å². The highest BCUT2D eigenvalue weighted by Crippen LogP contribution is 2.40. The first-order valence-electron chi connectivity index (χ1n) is 5.23. The molecule has 1 aliphatic carbocycles. The van der Waals surface area contributed by atoms with E-state index >= 15 is 0 Å². The predicted octanol–water partition coefficient (Wildman–Crippen LogP) is 3.02. The van der Waals surface area contributed by atoms with Crippen molar-refractivity contribution in [2.45, 2.75) is 23.8 Å². The minimum atomic E-state index is 0.456. The number of anilines is 1. The molecule has 3 heteroatoms. The monoisotopic (exact) mass is 223 g/mol. The number of benzene rings is 1. The molecule has 2 rings (SSSR count). The molecule has 1 aromatic carbocycles. The summed E-state index contributed by atoms with van der Waals surface area (Å²) < 4.78 is 5.98. The molecule has 15 heavy (non-hydrogen) atoms. The molecule has 0 unspecified atom stereocenters. The van der Waals surface area contributed by atoms with Crippen molar-refractivity contribution in [3.63, 3.8) is 0 Å². The van der Waals surface area contributed by atoms with Gasteiger partial charge in [-0.2, -0.15) is 0 Å². The Bertz CT molecular complexity index is 347. The SMILES string of the molecule is CSc1cccc(N(C)C)c1OC1CC1. The molecule has 0 amide bonds. The van der Waals surface area contributed by atoms with Gasteiger partial charge in [0.25, 0.3) is 0 Å². The molecule has 0 N–H and O–H groups in total. The zero-order chi connectivity index (χ0) is 10.8. The third-order valence-electron chi connectivity index (χ3n) is 2.47. The van der Waals surface area contributed by atoms with Gasteiger partial charge in [-0.15, -0.1) is 11.8 Å². The Balaban J connectivity index is 2.34. The molecule has 1 aromatic rings. The van der Waals surface area contributed by atoms with Crippen molar-refractivity contribution >= 4 is 17.4 Å². The summed E-state index contributed by atoms with van der Waals surface area (Å²) >= 11 is 1.75. The minimum Gasteiger partial charge on any atom is -0.487 e.